The van der Waals surface area contributed by atoms with E-state index in [1.165, 1.54) is 16.8 Å². The zero-order valence-electron chi connectivity index (χ0n) is 8.51. The molecule has 2 rings (SSSR count). The number of nitrogens with one attached hydrogen (secondary N) is 1. The predicted molar refractivity (Wildman–Crippen MR) is 60.7 cm³/mol. The van der Waals surface area contributed by atoms with Gasteiger partial charge in [0.25, 0.3) is 0 Å². The van der Waals surface area contributed by atoms with Crippen LogP contribution in [0.4, 0.5) is 0 Å². The van der Waals surface area contributed by atoms with Gasteiger partial charge in [0, 0.05) is 11.4 Å². The Morgan fingerprint density at radius 2 is 1.93 bits per heavy atom. The predicted octanol–water partition coefficient (Wildman–Crippen LogP) is 3.23. The SMILES string of the molecule is C=C1CCC=C(c2ccc(C)cc2)N1. The molecule has 0 saturated heterocycles. The maximum Gasteiger partial charge on any atom is 0.0414 e. The van der Waals surface area contributed by atoms with E-state index in [0.717, 1.165) is 18.5 Å². The first-order chi connectivity index (χ1) is 6.75. The number of benzene rings is 1. The molecule has 0 saturated carbocycles. The highest BCUT2D eigenvalue weighted by molar-refractivity contribution is 5.66. The summed E-state index contributed by atoms with van der Waals surface area (Å²) in [6.07, 6.45) is 4.38. The molecule has 0 unspecified atom stereocenters. The highest BCUT2D eigenvalue weighted by Gasteiger charge is 2.06. The van der Waals surface area contributed by atoms with Crippen molar-refractivity contribution in [2.75, 3.05) is 0 Å². The van der Waals surface area contributed by atoms with E-state index in [-0.39, 0.29) is 0 Å². The molecule has 1 heterocycles. The van der Waals surface area contributed by atoms with Gasteiger partial charge in [-0.25, -0.2) is 0 Å². The van der Waals surface area contributed by atoms with E-state index in [2.05, 4.69) is 49.2 Å². The second-order valence-electron chi connectivity index (χ2n) is 3.75. The Hall–Kier alpha value is -1.50. The molecule has 0 radical (unpaired) electrons. The second-order valence-corrected chi connectivity index (χ2v) is 3.75. The Kier molecular flexibility index (Phi) is 2.40. The molecule has 0 bridgehead atoms. The summed E-state index contributed by atoms with van der Waals surface area (Å²) in [7, 11) is 0. The second kappa shape index (κ2) is 3.70. The lowest BCUT2D eigenvalue weighted by Gasteiger charge is -2.18. The Balaban J connectivity index is 2.26. The number of hydrogen-bond acceptors (Lipinski definition) is 1. The third kappa shape index (κ3) is 1.87. The maximum absolute atomic E-state index is 3.96. The van der Waals surface area contributed by atoms with Crippen LogP contribution in [0.15, 0.2) is 42.6 Å². The molecule has 1 aromatic rings. The van der Waals surface area contributed by atoms with Gasteiger partial charge in [-0.3, -0.25) is 0 Å². The third-order valence-electron chi connectivity index (χ3n) is 2.47. The van der Waals surface area contributed by atoms with Crippen LogP contribution in [0.25, 0.3) is 5.70 Å². The number of rotatable bonds is 1. The molecule has 1 nitrogen and oxygen atoms in total. The summed E-state index contributed by atoms with van der Waals surface area (Å²) in [6.45, 7) is 6.06. The summed E-state index contributed by atoms with van der Waals surface area (Å²) in [5.41, 5.74) is 4.85. The van der Waals surface area contributed by atoms with Crippen molar-refractivity contribution in [1.82, 2.24) is 5.32 Å². The third-order valence-corrected chi connectivity index (χ3v) is 2.47. The Bertz CT molecular complexity index is 371. The number of hydrogen-bond donors (Lipinski definition) is 1. The van der Waals surface area contributed by atoms with Gasteiger partial charge >= 0.3 is 0 Å². The zero-order valence-corrected chi connectivity index (χ0v) is 8.51. The summed E-state index contributed by atoms with van der Waals surface area (Å²) in [5.74, 6) is 0. The highest BCUT2D eigenvalue weighted by Crippen LogP contribution is 2.20. The first kappa shape index (κ1) is 9.07. The van der Waals surface area contributed by atoms with Crippen LogP contribution in [0.1, 0.15) is 24.0 Å². The molecule has 0 atom stereocenters. The standard InChI is InChI=1S/C13H15N/c1-10-6-8-12(9-7-10)13-5-3-4-11(2)14-13/h5-9,14H,2-4H2,1H3. The zero-order chi connectivity index (χ0) is 9.97. The van der Waals surface area contributed by atoms with Crippen molar-refractivity contribution in [3.8, 4) is 0 Å². The van der Waals surface area contributed by atoms with Crippen LogP contribution in [-0.4, -0.2) is 0 Å². The summed E-state index contributed by atoms with van der Waals surface area (Å²) >= 11 is 0. The van der Waals surface area contributed by atoms with Gasteiger partial charge in [-0.15, -0.1) is 0 Å². The van der Waals surface area contributed by atoms with Crippen LogP contribution in [0.2, 0.25) is 0 Å². The van der Waals surface area contributed by atoms with E-state index in [4.69, 9.17) is 0 Å². The minimum absolute atomic E-state index is 1.05. The fourth-order valence-electron chi connectivity index (χ4n) is 1.62. The van der Waals surface area contributed by atoms with Crippen LogP contribution >= 0.6 is 0 Å². The van der Waals surface area contributed by atoms with Crippen molar-refractivity contribution in [2.45, 2.75) is 19.8 Å². The molecular weight excluding hydrogens is 170 g/mol. The lowest BCUT2D eigenvalue weighted by Crippen LogP contribution is -2.14. The molecule has 72 valence electrons. The van der Waals surface area contributed by atoms with Gasteiger partial charge in [-0.1, -0.05) is 42.5 Å². The van der Waals surface area contributed by atoms with Gasteiger partial charge in [-0.05, 0) is 25.3 Å². The first-order valence-corrected chi connectivity index (χ1v) is 4.98. The summed E-state index contributed by atoms with van der Waals surface area (Å²) in [6, 6.07) is 8.56. The molecule has 1 aromatic carbocycles. The van der Waals surface area contributed by atoms with Crippen LogP contribution in [0, 0.1) is 6.92 Å². The van der Waals surface area contributed by atoms with E-state index in [0.29, 0.717) is 0 Å². The van der Waals surface area contributed by atoms with Gasteiger partial charge in [0.2, 0.25) is 0 Å². The Labute approximate surface area is 85.2 Å². The largest absolute Gasteiger partial charge is 0.359 e. The summed E-state index contributed by atoms with van der Waals surface area (Å²) < 4.78 is 0. The van der Waals surface area contributed by atoms with E-state index < -0.39 is 0 Å². The molecule has 0 amide bonds. The molecule has 0 aliphatic carbocycles. The highest BCUT2D eigenvalue weighted by atomic mass is 14.9. The van der Waals surface area contributed by atoms with Crippen LogP contribution in [0.3, 0.4) is 0 Å². The first-order valence-electron chi connectivity index (χ1n) is 4.98. The lowest BCUT2D eigenvalue weighted by atomic mass is 10.0. The molecule has 0 fully saturated rings. The van der Waals surface area contributed by atoms with Crippen molar-refractivity contribution in [3.05, 3.63) is 53.7 Å². The van der Waals surface area contributed by atoms with Gasteiger partial charge in [0.1, 0.15) is 0 Å². The molecular formula is C13H15N. The van der Waals surface area contributed by atoms with E-state index in [1.807, 2.05) is 0 Å². The molecule has 1 N–H and O–H groups in total. The monoisotopic (exact) mass is 185 g/mol. The number of aryl methyl sites for hydroxylation is 1. The maximum atomic E-state index is 3.96. The van der Waals surface area contributed by atoms with Gasteiger partial charge in [0.05, 0.1) is 0 Å². The number of allylic oxidation sites excluding steroid dienone is 2. The van der Waals surface area contributed by atoms with Crippen molar-refractivity contribution >= 4 is 5.70 Å². The molecule has 1 aliphatic rings. The van der Waals surface area contributed by atoms with Crippen LogP contribution in [-0.2, 0) is 0 Å². The minimum atomic E-state index is 1.05. The fraction of sp³-hybridized carbons (Fsp3) is 0.231. The van der Waals surface area contributed by atoms with E-state index >= 15 is 0 Å². The molecule has 0 spiro atoms. The normalized spacial score (nSPS) is 16.1. The van der Waals surface area contributed by atoms with Gasteiger partial charge in [0.15, 0.2) is 0 Å². The van der Waals surface area contributed by atoms with Crippen molar-refractivity contribution in [2.24, 2.45) is 0 Å². The van der Waals surface area contributed by atoms with Crippen molar-refractivity contribution in [3.63, 3.8) is 0 Å². The summed E-state index contributed by atoms with van der Waals surface area (Å²) in [4.78, 5) is 0. The Morgan fingerprint density at radius 3 is 2.57 bits per heavy atom. The van der Waals surface area contributed by atoms with E-state index in [1.54, 1.807) is 0 Å². The lowest BCUT2D eigenvalue weighted by molar-refractivity contribution is 0.860. The van der Waals surface area contributed by atoms with Crippen molar-refractivity contribution in [1.29, 1.82) is 0 Å². The average molecular weight is 185 g/mol. The quantitative estimate of drug-likeness (QED) is 0.708. The topological polar surface area (TPSA) is 12.0 Å². The van der Waals surface area contributed by atoms with Crippen molar-refractivity contribution < 1.29 is 0 Å². The van der Waals surface area contributed by atoms with E-state index in [9.17, 15) is 0 Å². The van der Waals surface area contributed by atoms with Gasteiger partial charge in [-0.2, -0.15) is 0 Å². The minimum Gasteiger partial charge on any atom is -0.359 e. The molecule has 0 aromatic heterocycles. The Morgan fingerprint density at radius 1 is 1.21 bits per heavy atom. The smallest absolute Gasteiger partial charge is 0.0414 e. The average Bonchev–Trinajstić information content (AvgIpc) is 2.19. The molecule has 1 aliphatic heterocycles. The molecule has 14 heavy (non-hydrogen) atoms. The summed E-state index contributed by atoms with van der Waals surface area (Å²) in [5, 5.41) is 3.32. The van der Waals surface area contributed by atoms with Crippen LogP contribution < -0.4 is 5.32 Å². The fourth-order valence-corrected chi connectivity index (χ4v) is 1.62. The van der Waals surface area contributed by atoms with Gasteiger partial charge < -0.3 is 5.32 Å². The van der Waals surface area contributed by atoms with Crippen LogP contribution in [0.5, 0.6) is 0 Å². The molecule has 1 heteroatoms.